The molecule has 0 heterocycles. The molecule has 0 aromatic heterocycles. The van der Waals surface area contributed by atoms with Crippen LogP contribution in [-0.4, -0.2) is 43.4 Å². The van der Waals surface area contributed by atoms with Gasteiger partial charge in [-0.05, 0) is 42.9 Å². The number of hydrogen-bond donors (Lipinski definition) is 0. The van der Waals surface area contributed by atoms with Crippen LogP contribution in [-0.2, 0) is 19.1 Å². The van der Waals surface area contributed by atoms with E-state index in [1.54, 1.807) is 32.0 Å². The first-order valence-corrected chi connectivity index (χ1v) is 12.3. The predicted molar refractivity (Wildman–Crippen MR) is 140 cm³/mol. The first-order valence-electron chi connectivity index (χ1n) is 12.3. The van der Waals surface area contributed by atoms with Gasteiger partial charge in [0.25, 0.3) is 0 Å². The second kappa shape index (κ2) is 13.4. The van der Waals surface area contributed by atoms with Gasteiger partial charge in [0.15, 0.2) is 11.5 Å². The minimum atomic E-state index is -0.674. The summed E-state index contributed by atoms with van der Waals surface area (Å²) in [5.74, 6) is -1.70. The first-order chi connectivity index (χ1) is 17.8. The van der Waals surface area contributed by atoms with E-state index in [-0.39, 0.29) is 24.3 Å². The van der Waals surface area contributed by atoms with Crippen LogP contribution < -0.4 is 9.47 Å². The van der Waals surface area contributed by atoms with E-state index in [1.807, 2.05) is 79.7 Å². The number of esters is 3. The van der Waals surface area contributed by atoms with Gasteiger partial charge in [0.05, 0.1) is 0 Å². The number of ether oxygens (including phenoxy) is 3. The van der Waals surface area contributed by atoms with Crippen LogP contribution in [0.1, 0.15) is 55.4 Å². The monoisotopic (exact) mass is 503 g/mol. The van der Waals surface area contributed by atoms with E-state index in [0.29, 0.717) is 12.1 Å². The van der Waals surface area contributed by atoms with Crippen LogP contribution in [0.15, 0.2) is 78.9 Å². The molecule has 1 atom stereocenters. The average molecular weight is 504 g/mol. The van der Waals surface area contributed by atoms with E-state index < -0.39 is 29.9 Å². The molecule has 3 rings (SSSR count). The summed E-state index contributed by atoms with van der Waals surface area (Å²) in [6.45, 7) is 3.74. The molecule has 7 heteroatoms. The van der Waals surface area contributed by atoms with Gasteiger partial charge in [-0.25, -0.2) is 0 Å². The Bertz CT molecular complexity index is 1150. The van der Waals surface area contributed by atoms with Crippen molar-refractivity contribution in [3.63, 3.8) is 0 Å². The van der Waals surface area contributed by atoms with Crippen molar-refractivity contribution >= 4 is 17.9 Å². The second-order valence-electron chi connectivity index (χ2n) is 8.80. The van der Waals surface area contributed by atoms with Gasteiger partial charge < -0.3 is 19.1 Å². The van der Waals surface area contributed by atoms with Crippen LogP contribution >= 0.6 is 0 Å². The van der Waals surface area contributed by atoms with Crippen LogP contribution in [0.5, 0.6) is 11.5 Å². The van der Waals surface area contributed by atoms with Crippen LogP contribution in [0.2, 0.25) is 0 Å². The van der Waals surface area contributed by atoms with Crippen LogP contribution in [0.25, 0.3) is 0 Å². The van der Waals surface area contributed by atoms with Gasteiger partial charge in [-0.15, -0.1) is 0 Å². The van der Waals surface area contributed by atoms with Crippen molar-refractivity contribution in [2.75, 3.05) is 20.6 Å². The van der Waals surface area contributed by atoms with Crippen molar-refractivity contribution in [2.45, 2.75) is 38.7 Å². The van der Waals surface area contributed by atoms with E-state index in [4.69, 9.17) is 14.2 Å². The van der Waals surface area contributed by atoms with Crippen LogP contribution in [0.4, 0.5) is 0 Å². The third-order valence-electron chi connectivity index (χ3n) is 5.66. The lowest BCUT2D eigenvalue weighted by atomic mass is 9.91. The number of benzene rings is 3. The van der Waals surface area contributed by atoms with E-state index in [2.05, 4.69) is 0 Å². The molecule has 3 aromatic rings. The number of hydrogen-bond acceptors (Lipinski definition) is 7. The van der Waals surface area contributed by atoms with Crippen molar-refractivity contribution < 1.29 is 28.6 Å². The fraction of sp³-hybridized carbons (Fsp3) is 0.300. The smallest absolute Gasteiger partial charge is 0.318 e. The van der Waals surface area contributed by atoms with Crippen molar-refractivity contribution in [3.05, 3.63) is 95.6 Å². The molecule has 0 amide bonds. The summed E-state index contributed by atoms with van der Waals surface area (Å²) in [6, 6.07) is 23.8. The third-order valence-corrected chi connectivity index (χ3v) is 5.66. The maximum atomic E-state index is 13.7. The zero-order valence-corrected chi connectivity index (χ0v) is 21.7. The van der Waals surface area contributed by atoms with E-state index in [1.165, 1.54) is 0 Å². The second-order valence-corrected chi connectivity index (χ2v) is 8.80. The number of carbonyl (C=O) groups excluding carboxylic acids is 3. The summed E-state index contributed by atoms with van der Waals surface area (Å²) in [7, 11) is 3.75. The molecule has 7 nitrogen and oxygen atoms in total. The average Bonchev–Trinajstić information content (AvgIpc) is 2.90. The van der Waals surface area contributed by atoms with Gasteiger partial charge >= 0.3 is 17.9 Å². The number of nitrogens with zero attached hydrogens (tertiary/aromatic N) is 1. The van der Waals surface area contributed by atoms with Crippen LogP contribution in [0, 0.1) is 0 Å². The summed E-state index contributed by atoms with van der Waals surface area (Å²) >= 11 is 0. The molecule has 3 aromatic carbocycles. The Morgan fingerprint density at radius 3 is 1.70 bits per heavy atom. The zero-order valence-electron chi connectivity index (χ0n) is 21.7. The Morgan fingerprint density at radius 2 is 1.22 bits per heavy atom. The van der Waals surface area contributed by atoms with Crippen molar-refractivity contribution in [1.82, 2.24) is 4.90 Å². The van der Waals surface area contributed by atoms with Crippen LogP contribution in [0.3, 0.4) is 0 Å². The standard InChI is InChI=1S/C30H33NO6/c1-5-27(32)35-24-18-17-23(19-25(24)36-28(33)6-2)26(20-31(3)4)37-30(34)29(21-13-9-7-10-14-21)22-15-11-8-12-16-22/h7-19,26,29H,5-6,20H2,1-4H3/t26-/m1/s1. The van der Waals surface area contributed by atoms with Gasteiger partial charge in [-0.2, -0.15) is 0 Å². The van der Waals surface area contributed by atoms with Gasteiger partial charge in [0.1, 0.15) is 12.0 Å². The van der Waals surface area contributed by atoms with Crippen molar-refractivity contribution in [1.29, 1.82) is 0 Å². The summed E-state index contributed by atoms with van der Waals surface area (Å²) in [5.41, 5.74) is 2.25. The summed E-state index contributed by atoms with van der Waals surface area (Å²) in [6.07, 6.45) is -0.353. The van der Waals surface area contributed by atoms with Gasteiger partial charge in [0.2, 0.25) is 0 Å². The largest absolute Gasteiger partial charge is 0.455 e. The van der Waals surface area contributed by atoms with E-state index in [9.17, 15) is 14.4 Å². The molecule has 0 bridgehead atoms. The topological polar surface area (TPSA) is 82.1 Å². The Kier molecular flexibility index (Phi) is 9.98. The Morgan fingerprint density at radius 1 is 0.703 bits per heavy atom. The van der Waals surface area contributed by atoms with Crippen molar-refractivity contribution in [2.24, 2.45) is 0 Å². The SMILES string of the molecule is CCC(=O)Oc1ccc([C@@H](CN(C)C)OC(=O)C(c2ccccc2)c2ccccc2)cc1OC(=O)CC. The molecular formula is C30H33NO6. The fourth-order valence-corrected chi connectivity index (χ4v) is 3.78. The summed E-state index contributed by atoms with van der Waals surface area (Å²) in [5, 5.41) is 0. The molecule has 0 radical (unpaired) electrons. The Labute approximate surface area is 218 Å². The predicted octanol–water partition coefficient (Wildman–Crippen LogP) is 5.30. The molecular weight excluding hydrogens is 470 g/mol. The quantitative estimate of drug-likeness (QED) is 0.260. The van der Waals surface area contributed by atoms with Gasteiger partial charge in [0, 0.05) is 19.4 Å². The lowest BCUT2D eigenvalue weighted by Gasteiger charge is -2.25. The summed E-state index contributed by atoms with van der Waals surface area (Å²) < 4.78 is 16.9. The highest BCUT2D eigenvalue weighted by atomic mass is 16.6. The lowest BCUT2D eigenvalue weighted by molar-refractivity contribution is -0.151. The number of rotatable bonds is 11. The molecule has 0 spiro atoms. The van der Waals surface area contributed by atoms with E-state index >= 15 is 0 Å². The molecule has 0 N–H and O–H groups in total. The first kappa shape index (κ1) is 27.6. The molecule has 37 heavy (non-hydrogen) atoms. The minimum Gasteiger partial charge on any atom is -0.455 e. The maximum Gasteiger partial charge on any atom is 0.318 e. The molecule has 0 fully saturated rings. The Balaban J connectivity index is 1.98. The zero-order chi connectivity index (χ0) is 26.8. The molecule has 0 aliphatic rings. The Hall–Kier alpha value is -3.97. The van der Waals surface area contributed by atoms with Gasteiger partial charge in [-0.1, -0.05) is 80.6 Å². The molecule has 0 aliphatic heterocycles. The molecule has 0 unspecified atom stereocenters. The highest BCUT2D eigenvalue weighted by molar-refractivity contribution is 5.82. The van der Waals surface area contributed by atoms with E-state index in [0.717, 1.165) is 11.1 Å². The molecule has 194 valence electrons. The van der Waals surface area contributed by atoms with Gasteiger partial charge in [-0.3, -0.25) is 14.4 Å². The number of likely N-dealkylation sites (N-methyl/N-ethyl adjacent to an activating group) is 1. The number of carbonyl (C=O) groups is 3. The normalized spacial score (nSPS) is 11.7. The lowest BCUT2D eigenvalue weighted by Crippen LogP contribution is -2.27. The molecule has 0 saturated carbocycles. The molecule has 0 aliphatic carbocycles. The third kappa shape index (κ3) is 7.75. The minimum absolute atomic E-state index is 0.105. The molecule has 0 saturated heterocycles. The summed E-state index contributed by atoms with van der Waals surface area (Å²) in [4.78, 5) is 39.6. The van der Waals surface area contributed by atoms with Crippen molar-refractivity contribution in [3.8, 4) is 11.5 Å². The highest BCUT2D eigenvalue weighted by Crippen LogP contribution is 2.34. The highest BCUT2D eigenvalue weighted by Gasteiger charge is 2.28. The fourth-order valence-electron chi connectivity index (χ4n) is 3.78. The maximum absolute atomic E-state index is 13.7.